The van der Waals surface area contributed by atoms with Crippen LogP contribution in [-0.4, -0.2) is 12.5 Å². The van der Waals surface area contributed by atoms with Gasteiger partial charge in [0.05, 0.1) is 0 Å². The van der Waals surface area contributed by atoms with Gasteiger partial charge in [-0.1, -0.05) is 23.8 Å². The summed E-state index contributed by atoms with van der Waals surface area (Å²) in [5.41, 5.74) is 1.44. The Kier molecular flexibility index (Phi) is 3.58. The summed E-state index contributed by atoms with van der Waals surface area (Å²) in [6.07, 6.45) is 9.69. The molecule has 0 unspecified atom stereocenters. The number of hydrogen-bond donors (Lipinski definition) is 1. The average molecular weight is 165 g/mol. The minimum Gasteiger partial charge on any atom is -0.356 e. The van der Waals surface area contributed by atoms with Gasteiger partial charge in [0, 0.05) is 13.5 Å². The van der Waals surface area contributed by atoms with Crippen LogP contribution in [0.1, 0.15) is 26.2 Å². The molecule has 0 saturated carbocycles. The van der Waals surface area contributed by atoms with Crippen LogP contribution in [0.25, 0.3) is 0 Å². The number of nitrogens with one attached hydrogen (secondary N) is 1. The number of amides is 1. The lowest BCUT2D eigenvalue weighted by Gasteiger charge is -2.08. The summed E-state index contributed by atoms with van der Waals surface area (Å²) in [6, 6.07) is 0. The molecule has 12 heavy (non-hydrogen) atoms. The maximum Gasteiger partial charge on any atom is 0.216 e. The second kappa shape index (κ2) is 4.75. The summed E-state index contributed by atoms with van der Waals surface area (Å²) in [5.74, 6) is 0.0574. The summed E-state index contributed by atoms with van der Waals surface area (Å²) in [4.78, 5) is 10.5. The maximum absolute atomic E-state index is 10.5. The fourth-order valence-corrected chi connectivity index (χ4v) is 1.26. The number of carbonyl (C=O) groups is 1. The van der Waals surface area contributed by atoms with Gasteiger partial charge in [0.25, 0.3) is 0 Å². The van der Waals surface area contributed by atoms with Crippen LogP contribution in [0.4, 0.5) is 0 Å². The zero-order valence-corrected chi connectivity index (χ0v) is 7.47. The topological polar surface area (TPSA) is 29.1 Å². The van der Waals surface area contributed by atoms with Crippen molar-refractivity contribution < 1.29 is 4.79 Å². The van der Waals surface area contributed by atoms with Crippen LogP contribution in [0.5, 0.6) is 0 Å². The molecule has 0 aromatic heterocycles. The van der Waals surface area contributed by atoms with Crippen molar-refractivity contribution in [3.63, 3.8) is 0 Å². The summed E-state index contributed by atoms with van der Waals surface area (Å²) < 4.78 is 0. The monoisotopic (exact) mass is 165 g/mol. The molecule has 0 fully saturated rings. The predicted molar refractivity (Wildman–Crippen MR) is 49.8 cm³/mol. The molecule has 1 rings (SSSR count). The highest BCUT2D eigenvalue weighted by Gasteiger charge is 1.99. The molecule has 0 radical (unpaired) electrons. The minimum absolute atomic E-state index is 0.0574. The van der Waals surface area contributed by atoms with E-state index in [1.54, 1.807) is 6.92 Å². The van der Waals surface area contributed by atoms with E-state index in [1.165, 1.54) is 5.57 Å². The van der Waals surface area contributed by atoms with Crippen molar-refractivity contribution in [2.75, 3.05) is 6.54 Å². The SMILES string of the molecule is CC(=O)NCCC1=CC=CCC1. The summed E-state index contributed by atoms with van der Waals surface area (Å²) in [7, 11) is 0. The number of allylic oxidation sites excluding steroid dienone is 3. The molecule has 1 N–H and O–H groups in total. The molecule has 0 aliphatic heterocycles. The van der Waals surface area contributed by atoms with E-state index in [-0.39, 0.29) is 5.91 Å². The largest absolute Gasteiger partial charge is 0.356 e. The third kappa shape index (κ3) is 3.37. The van der Waals surface area contributed by atoms with Crippen LogP contribution in [0, 0.1) is 0 Å². The van der Waals surface area contributed by atoms with E-state index in [1.807, 2.05) is 0 Å². The molecule has 0 bridgehead atoms. The molecule has 1 aliphatic rings. The molecule has 0 aromatic carbocycles. The Morgan fingerprint density at radius 1 is 1.67 bits per heavy atom. The third-order valence-electron chi connectivity index (χ3n) is 1.92. The Morgan fingerprint density at radius 2 is 2.50 bits per heavy atom. The van der Waals surface area contributed by atoms with E-state index >= 15 is 0 Å². The van der Waals surface area contributed by atoms with Gasteiger partial charge in [-0.2, -0.15) is 0 Å². The summed E-state index contributed by atoms with van der Waals surface area (Å²) in [6.45, 7) is 2.32. The Morgan fingerprint density at radius 3 is 3.08 bits per heavy atom. The quantitative estimate of drug-likeness (QED) is 0.678. The fraction of sp³-hybridized carbons (Fsp3) is 0.500. The van der Waals surface area contributed by atoms with Gasteiger partial charge >= 0.3 is 0 Å². The molecule has 2 nitrogen and oxygen atoms in total. The van der Waals surface area contributed by atoms with Crippen LogP contribution in [0.2, 0.25) is 0 Å². The van der Waals surface area contributed by atoms with E-state index in [2.05, 4.69) is 23.5 Å². The standard InChI is InChI=1S/C10H15NO/c1-9(12)11-8-7-10-5-3-2-4-6-10/h2-3,5H,4,6-8H2,1H3,(H,11,12). The molecule has 0 heterocycles. The van der Waals surface area contributed by atoms with Crippen molar-refractivity contribution in [1.29, 1.82) is 0 Å². The molecule has 2 heteroatoms. The number of carbonyl (C=O) groups excluding carboxylic acids is 1. The van der Waals surface area contributed by atoms with Gasteiger partial charge in [-0.25, -0.2) is 0 Å². The van der Waals surface area contributed by atoms with Crippen molar-refractivity contribution in [3.8, 4) is 0 Å². The van der Waals surface area contributed by atoms with E-state index in [4.69, 9.17) is 0 Å². The first-order valence-corrected chi connectivity index (χ1v) is 4.38. The third-order valence-corrected chi connectivity index (χ3v) is 1.92. The minimum atomic E-state index is 0.0574. The fourth-order valence-electron chi connectivity index (χ4n) is 1.26. The lowest BCUT2D eigenvalue weighted by Crippen LogP contribution is -2.21. The Bertz CT molecular complexity index is 216. The zero-order chi connectivity index (χ0) is 8.81. The molecule has 66 valence electrons. The molecule has 0 aromatic rings. The molecular formula is C10H15NO. The number of hydrogen-bond acceptors (Lipinski definition) is 1. The van der Waals surface area contributed by atoms with Crippen molar-refractivity contribution >= 4 is 5.91 Å². The smallest absolute Gasteiger partial charge is 0.216 e. The van der Waals surface area contributed by atoms with Crippen LogP contribution in [-0.2, 0) is 4.79 Å². The first-order valence-electron chi connectivity index (χ1n) is 4.38. The van der Waals surface area contributed by atoms with Gasteiger partial charge in [-0.05, 0) is 19.3 Å². The first-order chi connectivity index (χ1) is 5.79. The van der Waals surface area contributed by atoms with Gasteiger partial charge in [-0.15, -0.1) is 0 Å². The summed E-state index contributed by atoms with van der Waals surface area (Å²) in [5, 5.41) is 2.79. The van der Waals surface area contributed by atoms with E-state index < -0.39 is 0 Å². The van der Waals surface area contributed by atoms with Crippen molar-refractivity contribution in [1.82, 2.24) is 5.32 Å². The van der Waals surface area contributed by atoms with Crippen LogP contribution >= 0.6 is 0 Å². The molecule has 1 amide bonds. The molecular weight excluding hydrogens is 150 g/mol. The Labute approximate surface area is 73.4 Å². The highest BCUT2D eigenvalue weighted by atomic mass is 16.1. The lowest BCUT2D eigenvalue weighted by molar-refractivity contribution is -0.118. The van der Waals surface area contributed by atoms with Gasteiger partial charge in [0.15, 0.2) is 0 Å². The second-order valence-electron chi connectivity index (χ2n) is 3.02. The van der Waals surface area contributed by atoms with Crippen LogP contribution in [0.3, 0.4) is 0 Å². The molecule has 0 saturated heterocycles. The second-order valence-corrected chi connectivity index (χ2v) is 3.02. The molecule has 0 atom stereocenters. The first kappa shape index (κ1) is 9.04. The molecule has 0 spiro atoms. The van der Waals surface area contributed by atoms with E-state index in [9.17, 15) is 4.79 Å². The van der Waals surface area contributed by atoms with Gasteiger partial charge < -0.3 is 5.32 Å². The average Bonchev–Trinajstić information content (AvgIpc) is 2.05. The molecule has 1 aliphatic carbocycles. The van der Waals surface area contributed by atoms with E-state index in [0.29, 0.717) is 0 Å². The highest BCUT2D eigenvalue weighted by Crippen LogP contribution is 2.14. The van der Waals surface area contributed by atoms with Crippen LogP contribution in [0.15, 0.2) is 23.8 Å². The predicted octanol–water partition coefficient (Wildman–Crippen LogP) is 1.79. The van der Waals surface area contributed by atoms with Crippen molar-refractivity contribution in [2.45, 2.75) is 26.2 Å². The Hall–Kier alpha value is -1.05. The van der Waals surface area contributed by atoms with E-state index in [0.717, 1.165) is 25.8 Å². The normalized spacial score (nSPS) is 15.6. The van der Waals surface area contributed by atoms with Gasteiger partial charge in [-0.3, -0.25) is 4.79 Å². The number of rotatable bonds is 3. The summed E-state index contributed by atoms with van der Waals surface area (Å²) >= 11 is 0. The lowest BCUT2D eigenvalue weighted by atomic mass is 10.0. The van der Waals surface area contributed by atoms with Gasteiger partial charge in [0.1, 0.15) is 0 Å². The highest BCUT2D eigenvalue weighted by molar-refractivity contribution is 5.72. The van der Waals surface area contributed by atoms with Crippen LogP contribution < -0.4 is 5.32 Å². The zero-order valence-electron chi connectivity index (χ0n) is 7.47. The Balaban J connectivity index is 2.18. The maximum atomic E-state index is 10.5. The van der Waals surface area contributed by atoms with Crippen molar-refractivity contribution in [3.05, 3.63) is 23.8 Å². The van der Waals surface area contributed by atoms with Crippen molar-refractivity contribution in [2.24, 2.45) is 0 Å². The van der Waals surface area contributed by atoms with Gasteiger partial charge in [0.2, 0.25) is 5.91 Å².